The van der Waals surface area contributed by atoms with Gasteiger partial charge >= 0.3 is 5.97 Å². The highest BCUT2D eigenvalue weighted by Gasteiger charge is 2.48. The summed E-state index contributed by atoms with van der Waals surface area (Å²) in [5.41, 5.74) is 0.955. The van der Waals surface area contributed by atoms with Crippen molar-refractivity contribution in [2.24, 2.45) is 11.8 Å². The summed E-state index contributed by atoms with van der Waals surface area (Å²) in [6.07, 6.45) is 3.76. The molecule has 1 aromatic heterocycles. The van der Waals surface area contributed by atoms with Crippen molar-refractivity contribution in [2.75, 3.05) is 0 Å². The van der Waals surface area contributed by atoms with Crippen LogP contribution in [0.2, 0.25) is 0 Å². The Balaban J connectivity index is 1.80. The lowest BCUT2D eigenvalue weighted by molar-refractivity contribution is -0.140. The molecular formula is C11H12N2O3. The molecule has 0 aliphatic heterocycles. The fraction of sp³-hybridized carbons (Fsp3) is 0.364. The van der Waals surface area contributed by atoms with Gasteiger partial charge in [-0.25, -0.2) is 0 Å². The Hall–Kier alpha value is -1.91. The van der Waals surface area contributed by atoms with Crippen LogP contribution in [-0.2, 0) is 16.1 Å². The maximum Gasteiger partial charge on any atom is 0.307 e. The van der Waals surface area contributed by atoms with Gasteiger partial charge in [0.1, 0.15) is 0 Å². The van der Waals surface area contributed by atoms with Crippen LogP contribution in [-0.4, -0.2) is 22.0 Å². The fourth-order valence-electron chi connectivity index (χ4n) is 1.58. The van der Waals surface area contributed by atoms with Crippen LogP contribution < -0.4 is 5.32 Å². The SMILES string of the molecule is O=C(O)[C@@H]1C[C@H]1C(=O)NCc1ccncc1. The molecule has 16 heavy (non-hydrogen) atoms. The molecule has 1 aliphatic carbocycles. The number of carboxylic acid groups (broad SMARTS) is 1. The Bertz CT molecular complexity index is 405. The van der Waals surface area contributed by atoms with Crippen LogP contribution >= 0.6 is 0 Å². The molecule has 1 amide bonds. The molecule has 2 atom stereocenters. The molecule has 0 radical (unpaired) electrons. The molecule has 1 saturated carbocycles. The highest BCUT2D eigenvalue weighted by Crippen LogP contribution is 2.38. The molecule has 0 unspecified atom stereocenters. The van der Waals surface area contributed by atoms with E-state index in [-0.39, 0.29) is 11.8 Å². The highest BCUT2D eigenvalue weighted by atomic mass is 16.4. The third-order valence-electron chi connectivity index (χ3n) is 2.66. The minimum Gasteiger partial charge on any atom is -0.481 e. The van der Waals surface area contributed by atoms with Crippen molar-refractivity contribution in [3.05, 3.63) is 30.1 Å². The maximum absolute atomic E-state index is 11.5. The van der Waals surface area contributed by atoms with Gasteiger partial charge in [-0.1, -0.05) is 0 Å². The van der Waals surface area contributed by atoms with Crippen molar-refractivity contribution < 1.29 is 14.7 Å². The molecule has 1 aliphatic rings. The molecule has 2 N–H and O–H groups in total. The first kappa shape index (κ1) is 10.6. The van der Waals surface area contributed by atoms with E-state index in [4.69, 9.17) is 5.11 Å². The Kier molecular flexibility index (Phi) is 2.85. The molecular weight excluding hydrogens is 208 g/mol. The van der Waals surface area contributed by atoms with Gasteiger partial charge in [-0.15, -0.1) is 0 Å². The van der Waals surface area contributed by atoms with Gasteiger partial charge in [0.15, 0.2) is 0 Å². The van der Waals surface area contributed by atoms with E-state index in [2.05, 4.69) is 10.3 Å². The van der Waals surface area contributed by atoms with Gasteiger partial charge in [0.25, 0.3) is 0 Å². The van der Waals surface area contributed by atoms with E-state index < -0.39 is 11.9 Å². The lowest BCUT2D eigenvalue weighted by atomic mass is 10.2. The summed E-state index contributed by atoms with van der Waals surface area (Å²) >= 11 is 0. The van der Waals surface area contributed by atoms with E-state index in [1.807, 2.05) is 12.1 Å². The van der Waals surface area contributed by atoms with Crippen LogP contribution in [0, 0.1) is 11.8 Å². The molecule has 0 spiro atoms. The van der Waals surface area contributed by atoms with Crippen molar-refractivity contribution in [2.45, 2.75) is 13.0 Å². The smallest absolute Gasteiger partial charge is 0.307 e. The zero-order chi connectivity index (χ0) is 11.5. The quantitative estimate of drug-likeness (QED) is 0.770. The number of pyridine rings is 1. The van der Waals surface area contributed by atoms with Crippen LogP contribution in [0.25, 0.3) is 0 Å². The zero-order valence-corrected chi connectivity index (χ0v) is 8.59. The van der Waals surface area contributed by atoms with Crippen LogP contribution in [0.4, 0.5) is 0 Å². The fourth-order valence-corrected chi connectivity index (χ4v) is 1.58. The van der Waals surface area contributed by atoms with E-state index in [1.54, 1.807) is 12.4 Å². The lowest BCUT2D eigenvalue weighted by Gasteiger charge is -2.03. The lowest BCUT2D eigenvalue weighted by Crippen LogP contribution is -2.25. The minimum absolute atomic E-state index is 0.177. The molecule has 2 rings (SSSR count). The summed E-state index contributed by atoms with van der Waals surface area (Å²) in [7, 11) is 0. The van der Waals surface area contributed by atoms with Crippen molar-refractivity contribution >= 4 is 11.9 Å². The van der Waals surface area contributed by atoms with Crippen molar-refractivity contribution in [1.29, 1.82) is 0 Å². The monoisotopic (exact) mass is 220 g/mol. The van der Waals surface area contributed by atoms with E-state index in [0.29, 0.717) is 13.0 Å². The number of carboxylic acids is 1. The van der Waals surface area contributed by atoms with E-state index in [9.17, 15) is 9.59 Å². The molecule has 1 fully saturated rings. The second kappa shape index (κ2) is 4.30. The standard InChI is InChI=1S/C11H12N2O3/c14-10(8-5-9(8)11(15)16)13-6-7-1-3-12-4-2-7/h1-4,8-9H,5-6H2,(H,13,14)(H,15,16)/t8-,9-/m1/s1. The predicted octanol–water partition coefficient (Wildman–Crippen LogP) is 0.418. The molecule has 1 heterocycles. The number of carbonyl (C=O) groups is 2. The Morgan fingerprint density at radius 2 is 2.06 bits per heavy atom. The maximum atomic E-state index is 11.5. The number of amides is 1. The van der Waals surface area contributed by atoms with Crippen LogP contribution in [0.15, 0.2) is 24.5 Å². The van der Waals surface area contributed by atoms with Gasteiger partial charge in [-0.05, 0) is 24.1 Å². The third kappa shape index (κ3) is 2.36. The molecule has 0 aromatic carbocycles. The van der Waals surface area contributed by atoms with Gasteiger partial charge in [0.2, 0.25) is 5.91 Å². The summed E-state index contributed by atoms with van der Waals surface area (Å²) in [6.45, 7) is 0.421. The summed E-state index contributed by atoms with van der Waals surface area (Å²) in [6, 6.07) is 3.61. The third-order valence-corrected chi connectivity index (χ3v) is 2.66. The highest BCUT2D eigenvalue weighted by molar-refractivity contribution is 5.89. The Labute approximate surface area is 92.5 Å². The average molecular weight is 220 g/mol. The number of carbonyl (C=O) groups excluding carboxylic acids is 1. The largest absolute Gasteiger partial charge is 0.481 e. The normalized spacial score (nSPS) is 22.5. The topological polar surface area (TPSA) is 79.3 Å². The molecule has 5 heteroatoms. The summed E-state index contributed by atoms with van der Waals surface area (Å²) in [5.74, 6) is -1.90. The first-order chi connectivity index (χ1) is 7.68. The van der Waals surface area contributed by atoms with Gasteiger partial charge in [-0.3, -0.25) is 14.6 Å². The van der Waals surface area contributed by atoms with Crippen LogP contribution in [0.5, 0.6) is 0 Å². The number of hydrogen-bond acceptors (Lipinski definition) is 3. The van der Waals surface area contributed by atoms with Crippen LogP contribution in [0.1, 0.15) is 12.0 Å². The second-order valence-corrected chi connectivity index (χ2v) is 3.86. The number of aliphatic carboxylic acids is 1. The molecule has 1 aromatic rings. The van der Waals surface area contributed by atoms with E-state index >= 15 is 0 Å². The summed E-state index contributed by atoms with van der Waals surface area (Å²) < 4.78 is 0. The van der Waals surface area contributed by atoms with Gasteiger partial charge in [-0.2, -0.15) is 0 Å². The van der Waals surface area contributed by atoms with Gasteiger partial charge in [0.05, 0.1) is 11.8 Å². The number of nitrogens with zero attached hydrogens (tertiary/aromatic N) is 1. The van der Waals surface area contributed by atoms with Crippen molar-refractivity contribution in [3.63, 3.8) is 0 Å². The average Bonchev–Trinajstić information content (AvgIpc) is 3.07. The number of hydrogen-bond donors (Lipinski definition) is 2. The number of nitrogens with one attached hydrogen (secondary N) is 1. The molecule has 84 valence electrons. The number of aromatic nitrogens is 1. The second-order valence-electron chi connectivity index (χ2n) is 3.86. The minimum atomic E-state index is -0.885. The number of rotatable bonds is 4. The first-order valence-electron chi connectivity index (χ1n) is 5.08. The first-order valence-corrected chi connectivity index (χ1v) is 5.08. The molecule has 0 bridgehead atoms. The van der Waals surface area contributed by atoms with E-state index in [0.717, 1.165) is 5.56 Å². The summed E-state index contributed by atoms with van der Waals surface area (Å²) in [4.78, 5) is 25.9. The molecule has 0 saturated heterocycles. The van der Waals surface area contributed by atoms with Crippen LogP contribution in [0.3, 0.4) is 0 Å². The van der Waals surface area contributed by atoms with Crippen molar-refractivity contribution in [1.82, 2.24) is 10.3 Å². The van der Waals surface area contributed by atoms with Gasteiger partial charge < -0.3 is 10.4 Å². The van der Waals surface area contributed by atoms with E-state index in [1.165, 1.54) is 0 Å². The Morgan fingerprint density at radius 3 is 2.62 bits per heavy atom. The molecule has 5 nitrogen and oxygen atoms in total. The predicted molar refractivity (Wildman–Crippen MR) is 55.3 cm³/mol. The summed E-state index contributed by atoms with van der Waals surface area (Å²) in [5, 5.41) is 11.4. The van der Waals surface area contributed by atoms with Gasteiger partial charge in [0, 0.05) is 18.9 Å². The zero-order valence-electron chi connectivity index (χ0n) is 8.59. The van der Waals surface area contributed by atoms with Crippen molar-refractivity contribution in [3.8, 4) is 0 Å². The Morgan fingerprint density at radius 1 is 1.38 bits per heavy atom.